The van der Waals surface area contributed by atoms with Crippen molar-refractivity contribution in [2.24, 2.45) is 0 Å². The fourth-order valence-electron chi connectivity index (χ4n) is 2.60. The summed E-state index contributed by atoms with van der Waals surface area (Å²) < 4.78 is 46.6. The molecule has 0 spiro atoms. The first-order valence-electron chi connectivity index (χ1n) is 7.17. The molecule has 1 aromatic rings. The lowest BCUT2D eigenvalue weighted by atomic mass is 10.2. The summed E-state index contributed by atoms with van der Waals surface area (Å²) in [6, 6.07) is 2.25. The Balaban J connectivity index is 2.49. The van der Waals surface area contributed by atoms with Crippen LogP contribution in [0.2, 0.25) is 0 Å². The van der Waals surface area contributed by atoms with Crippen LogP contribution in [0.25, 0.3) is 0 Å². The maximum Gasteiger partial charge on any atom is 0.247 e. The molecular formula is C14H20BrFN2O3S. The largest absolute Gasteiger partial charge is 0.495 e. The number of ether oxygens (including phenoxy) is 1. The van der Waals surface area contributed by atoms with E-state index in [9.17, 15) is 12.8 Å². The fourth-order valence-corrected chi connectivity index (χ4v) is 4.82. The standard InChI is InChI=1S/C14H20BrFN2O3S/c1-3-6-18(10-4-5-17-9-10)22(19,20)14-8-12(16)11(15)7-13(14)21-2/h7-8,10,17H,3-6,9H2,1-2H3. The number of rotatable bonds is 6. The van der Waals surface area contributed by atoms with E-state index in [0.29, 0.717) is 19.5 Å². The number of nitrogens with zero attached hydrogens (tertiary/aromatic N) is 1. The second kappa shape index (κ2) is 7.25. The molecule has 0 amide bonds. The van der Waals surface area contributed by atoms with Gasteiger partial charge in [-0.05, 0) is 47.4 Å². The van der Waals surface area contributed by atoms with Crippen LogP contribution in [0.5, 0.6) is 5.75 Å². The van der Waals surface area contributed by atoms with E-state index in [1.54, 1.807) is 0 Å². The molecule has 2 rings (SSSR count). The molecule has 1 N–H and O–H groups in total. The minimum Gasteiger partial charge on any atom is -0.495 e. The van der Waals surface area contributed by atoms with Gasteiger partial charge in [-0.25, -0.2) is 12.8 Å². The van der Waals surface area contributed by atoms with E-state index < -0.39 is 15.8 Å². The van der Waals surface area contributed by atoms with Gasteiger partial charge in [-0.15, -0.1) is 0 Å². The summed E-state index contributed by atoms with van der Waals surface area (Å²) in [6.45, 7) is 3.71. The molecule has 0 saturated carbocycles. The lowest BCUT2D eigenvalue weighted by molar-refractivity contribution is 0.331. The summed E-state index contributed by atoms with van der Waals surface area (Å²) in [5.74, 6) is -0.485. The molecule has 1 unspecified atom stereocenters. The van der Waals surface area contributed by atoms with Crippen molar-refractivity contribution in [1.82, 2.24) is 9.62 Å². The third-order valence-electron chi connectivity index (χ3n) is 3.68. The van der Waals surface area contributed by atoms with Gasteiger partial charge in [0.15, 0.2) is 0 Å². The molecule has 8 heteroatoms. The van der Waals surface area contributed by atoms with E-state index in [0.717, 1.165) is 19.0 Å². The predicted molar refractivity (Wildman–Crippen MR) is 86.1 cm³/mol. The van der Waals surface area contributed by atoms with Crippen molar-refractivity contribution < 1.29 is 17.5 Å². The van der Waals surface area contributed by atoms with Gasteiger partial charge in [0.25, 0.3) is 0 Å². The zero-order valence-electron chi connectivity index (χ0n) is 12.6. The molecule has 1 aliphatic heterocycles. The number of nitrogens with one attached hydrogen (secondary N) is 1. The molecule has 0 bridgehead atoms. The van der Waals surface area contributed by atoms with Gasteiger partial charge in [0, 0.05) is 19.1 Å². The Morgan fingerprint density at radius 3 is 2.77 bits per heavy atom. The molecule has 1 atom stereocenters. The van der Waals surface area contributed by atoms with Crippen LogP contribution < -0.4 is 10.1 Å². The third kappa shape index (κ3) is 3.45. The molecule has 1 aliphatic rings. The van der Waals surface area contributed by atoms with Crippen molar-refractivity contribution in [3.63, 3.8) is 0 Å². The molecule has 0 radical (unpaired) electrons. The average Bonchev–Trinajstić information content (AvgIpc) is 3.00. The van der Waals surface area contributed by atoms with E-state index in [2.05, 4.69) is 21.2 Å². The van der Waals surface area contributed by atoms with Crippen LogP contribution in [0.1, 0.15) is 19.8 Å². The number of hydrogen-bond acceptors (Lipinski definition) is 4. The number of methoxy groups -OCH3 is 1. The second-order valence-electron chi connectivity index (χ2n) is 5.18. The summed E-state index contributed by atoms with van der Waals surface area (Å²) in [4.78, 5) is -0.129. The summed E-state index contributed by atoms with van der Waals surface area (Å²) in [5, 5.41) is 3.16. The summed E-state index contributed by atoms with van der Waals surface area (Å²) in [6.07, 6.45) is 1.44. The lowest BCUT2D eigenvalue weighted by Gasteiger charge is -2.28. The molecule has 1 saturated heterocycles. The lowest BCUT2D eigenvalue weighted by Crippen LogP contribution is -2.42. The number of sulfonamides is 1. The number of halogens is 2. The van der Waals surface area contributed by atoms with Gasteiger partial charge < -0.3 is 10.1 Å². The minimum absolute atomic E-state index is 0.110. The van der Waals surface area contributed by atoms with Gasteiger partial charge in [-0.1, -0.05) is 6.92 Å². The van der Waals surface area contributed by atoms with Crippen LogP contribution in [-0.2, 0) is 10.0 Å². The van der Waals surface area contributed by atoms with Crippen molar-refractivity contribution in [3.8, 4) is 5.75 Å². The van der Waals surface area contributed by atoms with Crippen molar-refractivity contribution in [2.75, 3.05) is 26.7 Å². The normalized spacial score (nSPS) is 18.9. The molecule has 1 fully saturated rings. The Hall–Kier alpha value is -0.700. The molecular weight excluding hydrogens is 375 g/mol. The first-order valence-corrected chi connectivity index (χ1v) is 9.40. The Kier molecular flexibility index (Phi) is 5.81. The van der Waals surface area contributed by atoms with E-state index in [1.165, 1.54) is 17.5 Å². The predicted octanol–water partition coefficient (Wildman–Crippen LogP) is 2.36. The van der Waals surface area contributed by atoms with Crippen LogP contribution in [0, 0.1) is 5.82 Å². The fraction of sp³-hybridized carbons (Fsp3) is 0.571. The molecule has 1 aromatic carbocycles. The van der Waals surface area contributed by atoms with Crippen molar-refractivity contribution >= 4 is 26.0 Å². The Morgan fingerprint density at radius 1 is 1.50 bits per heavy atom. The van der Waals surface area contributed by atoms with E-state index in [1.807, 2.05) is 6.92 Å². The summed E-state index contributed by atoms with van der Waals surface area (Å²) in [5.41, 5.74) is 0. The highest BCUT2D eigenvalue weighted by Crippen LogP contribution is 2.33. The van der Waals surface area contributed by atoms with E-state index in [4.69, 9.17) is 4.74 Å². The Bertz CT molecular complexity index is 633. The van der Waals surface area contributed by atoms with Gasteiger partial charge >= 0.3 is 0 Å². The highest BCUT2D eigenvalue weighted by atomic mass is 79.9. The van der Waals surface area contributed by atoms with Gasteiger partial charge in [0.05, 0.1) is 11.6 Å². The van der Waals surface area contributed by atoms with Crippen LogP contribution in [0.4, 0.5) is 4.39 Å². The number of benzene rings is 1. The van der Waals surface area contributed by atoms with Gasteiger partial charge in [0.1, 0.15) is 16.5 Å². The van der Waals surface area contributed by atoms with Gasteiger partial charge in [0.2, 0.25) is 10.0 Å². The van der Waals surface area contributed by atoms with Crippen molar-refractivity contribution in [3.05, 3.63) is 22.4 Å². The van der Waals surface area contributed by atoms with E-state index in [-0.39, 0.29) is 21.2 Å². The van der Waals surface area contributed by atoms with Crippen LogP contribution in [-0.4, -0.2) is 45.5 Å². The first kappa shape index (κ1) is 17.7. The highest BCUT2D eigenvalue weighted by Gasteiger charge is 2.35. The maximum absolute atomic E-state index is 13.9. The second-order valence-corrected chi connectivity index (χ2v) is 7.89. The zero-order valence-corrected chi connectivity index (χ0v) is 15.0. The maximum atomic E-state index is 13.9. The quantitative estimate of drug-likeness (QED) is 0.804. The Morgan fingerprint density at radius 2 is 2.23 bits per heavy atom. The monoisotopic (exact) mass is 394 g/mol. The summed E-state index contributed by atoms with van der Waals surface area (Å²) in [7, 11) is -2.45. The Labute approximate surface area is 139 Å². The van der Waals surface area contributed by atoms with Crippen LogP contribution in [0.15, 0.2) is 21.5 Å². The highest BCUT2D eigenvalue weighted by molar-refractivity contribution is 9.10. The SMILES string of the molecule is CCCN(C1CCNC1)S(=O)(=O)c1cc(F)c(Br)cc1OC. The van der Waals surface area contributed by atoms with Crippen molar-refractivity contribution in [2.45, 2.75) is 30.7 Å². The molecule has 0 aliphatic carbocycles. The minimum atomic E-state index is -3.82. The van der Waals surface area contributed by atoms with Crippen LogP contribution in [0.3, 0.4) is 0 Å². The average molecular weight is 395 g/mol. The van der Waals surface area contributed by atoms with Crippen molar-refractivity contribution in [1.29, 1.82) is 0 Å². The summed E-state index contributed by atoms with van der Waals surface area (Å²) >= 11 is 3.05. The van der Waals surface area contributed by atoms with Gasteiger partial charge in [-0.3, -0.25) is 0 Å². The first-order chi connectivity index (χ1) is 10.4. The zero-order chi connectivity index (χ0) is 16.3. The molecule has 0 aromatic heterocycles. The molecule has 5 nitrogen and oxygen atoms in total. The molecule has 1 heterocycles. The molecule has 22 heavy (non-hydrogen) atoms. The smallest absolute Gasteiger partial charge is 0.247 e. The number of hydrogen-bond donors (Lipinski definition) is 1. The van der Waals surface area contributed by atoms with E-state index >= 15 is 0 Å². The van der Waals surface area contributed by atoms with Crippen LogP contribution >= 0.6 is 15.9 Å². The third-order valence-corrected chi connectivity index (χ3v) is 6.26. The topological polar surface area (TPSA) is 58.6 Å². The van der Waals surface area contributed by atoms with Gasteiger partial charge in [-0.2, -0.15) is 4.31 Å². The molecule has 124 valence electrons.